The van der Waals surface area contributed by atoms with Gasteiger partial charge in [0, 0.05) is 30.9 Å². The van der Waals surface area contributed by atoms with E-state index in [1.807, 2.05) is 46.9 Å². The molecule has 0 aliphatic rings. The summed E-state index contributed by atoms with van der Waals surface area (Å²) in [5.74, 6) is -0.146. The summed E-state index contributed by atoms with van der Waals surface area (Å²) in [5, 5.41) is 0. The van der Waals surface area contributed by atoms with Crippen LogP contribution in [-0.4, -0.2) is 53.7 Å². The van der Waals surface area contributed by atoms with Gasteiger partial charge in [0.25, 0.3) is 0 Å². The van der Waals surface area contributed by atoms with E-state index in [2.05, 4.69) is 9.30 Å². The second-order valence-corrected chi connectivity index (χ2v) is 8.46. The zero-order valence-corrected chi connectivity index (χ0v) is 21.4. The lowest BCUT2D eigenvalue weighted by molar-refractivity contribution is -0.274. The molecule has 0 N–H and O–H groups in total. The highest BCUT2D eigenvalue weighted by Crippen LogP contribution is 2.37. The Morgan fingerprint density at radius 3 is 2.39 bits per heavy atom. The summed E-state index contributed by atoms with van der Waals surface area (Å²) in [6, 6.07) is 5.85. The van der Waals surface area contributed by atoms with Crippen molar-refractivity contribution in [3.8, 4) is 22.8 Å². The Morgan fingerprint density at radius 1 is 1.11 bits per heavy atom. The number of aromatic nitrogens is 2. The molecule has 0 fully saturated rings. The summed E-state index contributed by atoms with van der Waals surface area (Å²) in [7, 11) is 1.39. The number of amides is 1. The van der Waals surface area contributed by atoms with E-state index >= 15 is 0 Å². The second-order valence-electron chi connectivity index (χ2n) is 8.46. The quantitative estimate of drug-likeness (QED) is 0.324. The number of pyridine rings is 1. The van der Waals surface area contributed by atoms with Gasteiger partial charge in [-0.15, -0.1) is 13.2 Å². The Labute approximate surface area is 208 Å². The number of carbonyl (C=O) groups excluding carboxylic acids is 1. The first-order valence-electron chi connectivity index (χ1n) is 11.9. The molecule has 2 aromatic heterocycles. The lowest BCUT2D eigenvalue weighted by Crippen LogP contribution is -2.32. The fourth-order valence-corrected chi connectivity index (χ4v) is 4.20. The molecule has 0 saturated heterocycles. The summed E-state index contributed by atoms with van der Waals surface area (Å²) in [6.45, 7) is 11.1. The minimum atomic E-state index is -4.80. The first kappa shape index (κ1) is 27.2. The van der Waals surface area contributed by atoms with Gasteiger partial charge in [-0.05, 0) is 63.4 Å². The van der Waals surface area contributed by atoms with E-state index in [1.54, 1.807) is 4.90 Å². The van der Waals surface area contributed by atoms with Crippen LogP contribution in [0.1, 0.15) is 44.4 Å². The second kappa shape index (κ2) is 11.1. The maximum Gasteiger partial charge on any atom is 0.573 e. The molecule has 0 bridgehead atoms. The number of fused-ring (bicyclic) bond motifs is 1. The van der Waals surface area contributed by atoms with Crippen LogP contribution in [0.3, 0.4) is 0 Å². The lowest BCUT2D eigenvalue weighted by atomic mass is 10.0. The van der Waals surface area contributed by atoms with Crippen molar-refractivity contribution in [1.29, 1.82) is 0 Å². The van der Waals surface area contributed by atoms with Crippen molar-refractivity contribution in [2.75, 3.05) is 26.8 Å². The molecule has 0 unspecified atom stereocenters. The molecule has 10 heteroatoms. The number of hydrogen-bond donors (Lipinski definition) is 0. The molecular formula is C26H32F3N3O4. The molecule has 3 aromatic rings. The third-order valence-electron chi connectivity index (χ3n) is 6.12. The van der Waals surface area contributed by atoms with Gasteiger partial charge in [0.05, 0.1) is 29.9 Å². The highest BCUT2D eigenvalue weighted by Gasteiger charge is 2.31. The summed E-state index contributed by atoms with van der Waals surface area (Å²) in [6.07, 6.45) is -2.41. The largest absolute Gasteiger partial charge is 0.573 e. The van der Waals surface area contributed by atoms with Gasteiger partial charge >= 0.3 is 12.5 Å². The van der Waals surface area contributed by atoms with Gasteiger partial charge in [0.1, 0.15) is 18.1 Å². The average molecular weight is 508 g/mol. The molecule has 0 spiro atoms. The molecule has 1 atom stereocenters. The molecule has 0 saturated carbocycles. The standard InChI is InChI=1S/C26H32F3N3O4/c1-7-18(15-35-25(33)31(8-2)9-3)32-14-17(5)24-21(32)12-16(4)23(30-24)20-11-10-19(13-22(20)34-6)36-26(27,28)29/h10-14,18H,7-9,15H2,1-6H3/t18-/m0/s1. The fourth-order valence-electron chi connectivity index (χ4n) is 4.20. The van der Waals surface area contributed by atoms with E-state index in [9.17, 15) is 18.0 Å². The van der Waals surface area contributed by atoms with Crippen LogP contribution >= 0.6 is 0 Å². The average Bonchev–Trinajstić information content (AvgIpc) is 3.13. The Bertz CT molecular complexity index is 1220. The van der Waals surface area contributed by atoms with Crippen LogP contribution in [0.25, 0.3) is 22.3 Å². The number of benzene rings is 1. The van der Waals surface area contributed by atoms with E-state index in [4.69, 9.17) is 14.5 Å². The van der Waals surface area contributed by atoms with Crippen molar-refractivity contribution in [3.63, 3.8) is 0 Å². The number of carbonyl (C=O) groups is 1. The van der Waals surface area contributed by atoms with Crippen molar-refractivity contribution in [3.05, 3.63) is 41.6 Å². The number of aryl methyl sites for hydroxylation is 2. The summed E-state index contributed by atoms with van der Waals surface area (Å²) < 4.78 is 55.0. The fraction of sp³-hybridized carbons (Fsp3) is 0.462. The van der Waals surface area contributed by atoms with Crippen molar-refractivity contribution in [1.82, 2.24) is 14.5 Å². The lowest BCUT2D eigenvalue weighted by Gasteiger charge is -2.22. The first-order chi connectivity index (χ1) is 17.0. The number of rotatable bonds is 9. The topological polar surface area (TPSA) is 65.8 Å². The molecular weight excluding hydrogens is 475 g/mol. The smallest absolute Gasteiger partial charge is 0.496 e. The molecule has 3 rings (SSSR count). The van der Waals surface area contributed by atoms with Crippen LogP contribution in [0.4, 0.5) is 18.0 Å². The van der Waals surface area contributed by atoms with Crippen molar-refractivity contribution < 1.29 is 32.2 Å². The zero-order chi connectivity index (χ0) is 26.6. The van der Waals surface area contributed by atoms with Crippen LogP contribution < -0.4 is 9.47 Å². The van der Waals surface area contributed by atoms with Crippen LogP contribution in [0, 0.1) is 13.8 Å². The van der Waals surface area contributed by atoms with E-state index in [1.165, 1.54) is 25.3 Å². The van der Waals surface area contributed by atoms with Gasteiger partial charge in [-0.3, -0.25) is 0 Å². The predicted molar refractivity (Wildman–Crippen MR) is 131 cm³/mol. The van der Waals surface area contributed by atoms with E-state index < -0.39 is 6.36 Å². The van der Waals surface area contributed by atoms with Crippen molar-refractivity contribution in [2.24, 2.45) is 0 Å². The number of halogens is 3. The Hall–Kier alpha value is -3.43. The van der Waals surface area contributed by atoms with Crippen LogP contribution in [-0.2, 0) is 4.74 Å². The van der Waals surface area contributed by atoms with E-state index in [-0.39, 0.29) is 30.2 Å². The molecule has 1 amide bonds. The Balaban J connectivity index is 1.98. The predicted octanol–water partition coefficient (Wildman–Crippen LogP) is 6.66. The molecule has 0 aliphatic carbocycles. The molecule has 0 radical (unpaired) electrons. The summed E-state index contributed by atoms with van der Waals surface area (Å²) in [4.78, 5) is 18.8. The van der Waals surface area contributed by atoms with Crippen molar-refractivity contribution in [2.45, 2.75) is 53.4 Å². The van der Waals surface area contributed by atoms with Crippen molar-refractivity contribution >= 4 is 17.1 Å². The highest BCUT2D eigenvalue weighted by molar-refractivity contribution is 5.85. The Morgan fingerprint density at radius 2 is 1.81 bits per heavy atom. The number of alkyl halides is 3. The summed E-state index contributed by atoms with van der Waals surface area (Å²) in [5.41, 5.74) is 4.53. The maximum absolute atomic E-state index is 12.6. The molecule has 36 heavy (non-hydrogen) atoms. The van der Waals surface area contributed by atoms with Gasteiger partial charge in [-0.25, -0.2) is 9.78 Å². The maximum atomic E-state index is 12.6. The van der Waals surface area contributed by atoms with E-state index in [0.717, 1.165) is 28.6 Å². The minimum absolute atomic E-state index is 0.0823. The molecule has 1 aromatic carbocycles. The zero-order valence-electron chi connectivity index (χ0n) is 21.4. The molecule has 196 valence electrons. The number of nitrogens with zero attached hydrogens (tertiary/aromatic N) is 3. The molecule has 0 aliphatic heterocycles. The number of ether oxygens (including phenoxy) is 3. The first-order valence-corrected chi connectivity index (χ1v) is 11.9. The van der Waals surface area contributed by atoms with Gasteiger partial charge < -0.3 is 23.7 Å². The van der Waals surface area contributed by atoms with Gasteiger partial charge in [0.15, 0.2) is 0 Å². The Kier molecular flexibility index (Phi) is 8.37. The SMILES string of the molecule is CC[C@@H](COC(=O)N(CC)CC)n1cc(C)c2nc(-c3ccc(OC(F)(F)F)cc3OC)c(C)cc21. The van der Waals surface area contributed by atoms with E-state index in [0.29, 0.717) is 24.3 Å². The van der Waals surface area contributed by atoms with Gasteiger partial charge in [-0.2, -0.15) is 0 Å². The molecule has 2 heterocycles. The van der Waals surface area contributed by atoms with Gasteiger partial charge in [-0.1, -0.05) is 6.92 Å². The monoisotopic (exact) mass is 507 g/mol. The van der Waals surface area contributed by atoms with Crippen LogP contribution in [0.15, 0.2) is 30.5 Å². The number of methoxy groups -OCH3 is 1. The minimum Gasteiger partial charge on any atom is -0.496 e. The van der Waals surface area contributed by atoms with Crippen LogP contribution in [0.2, 0.25) is 0 Å². The number of hydrogen-bond acceptors (Lipinski definition) is 5. The third kappa shape index (κ3) is 5.85. The highest BCUT2D eigenvalue weighted by atomic mass is 19.4. The van der Waals surface area contributed by atoms with Gasteiger partial charge in [0.2, 0.25) is 0 Å². The normalized spacial score (nSPS) is 12.5. The summed E-state index contributed by atoms with van der Waals surface area (Å²) >= 11 is 0. The van der Waals surface area contributed by atoms with Crippen LogP contribution in [0.5, 0.6) is 11.5 Å². The molecule has 7 nitrogen and oxygen atoms in total. The third-order valence-corrected chi connectivity index (χ3v) is 6.12.